The molecule has 3 aliphatic rings. The van der Waals surface area contributed by atoms with E-state index in [1.807, 2.05) is 0 Å². The van der Waals surface area contributed by atoms with Gasteiger partial charge in [0.2, 0.25) is 11.8 Å². The summed E-state index contributed by atoms with van der Waals surface area (Å²) in [6.45, 7) is 1.84. The van der Waals surface area contributed by atoms with Crippen molar-refractivity contribution < 1.29 is 9.59 Å². The Morgan fingerprint density at radius 2 is 1.40 bits per heavy atom. The van der Waals surface area contributed by atoms with Crippen molar-refractivity contribution in [2.45, 2.75) is 37.8 Å². The molecule has 2 unspecified atom stereocenters. The van der Waals surface area contributed by atoms with Crippen molar-refractivity contribution in [2.24, 2.45) is 0 Å². The second kappa shape index (κ2) is 3.28. The number of nitrogens with zero attached hydrogens (tertiary/aromatic N) is 2. The Morgan fingerprint density at radius 3 is 1.87 bits per heavy atom. The maximum atomic E-state index is 11.7. The van der Waals surface area contributed by atoms with E-state index in [-0.39, 0.29) is 23.9 Å². The Bertz CT molecular complexity index is 288. The van der Waals surface area contributed by atoms with Crippen LogP contribution in [0.2, 0.25) is 0 Å². The number of carbonyl (C=O) groups is 2. The third-order valence-electron chi connectivity index (χ3n) is 3.63. The summed E-state index contributed by atoms with van der Waals surface area (Å²) < 4.78 is 0. The number of hydrogen-bond acceptors (Lipinski definition) is 4. The van der Waals surface area contributed by atoms with Crippen LogP contribution in [0.15, 0.2) is 0 Å². The third-order valence-corrected chi connectivity index (χ3v) is 3.63. The first-order valence-electron chi connectivity index (χ1n) is 5.65. The van der Waals surface area contributed by atoms with Crippen LogP contribution in [0.5, 0.6) is 0 Å². The molecular weight excluding hydrogens is 194 g/mol. The molecule has 0 aliphatic carbocycles. The number of fused-ring (bicyclic) bond motifs is 3. The largest absolute Gasteiger partial charge is 0.294 e. The summed E-state index contributed by atoms with van der Waals surface area (Å²) in [5.74, 6) is -0.209. The van der Waals surface area contributed by atoms with E-state index >= 15 is 0 Å². The van der Waals surface area contributed by atoms with Gasteiger partial charge in [-0.1, -0.05) is 0 Å². The highest BCUT2D eigenvalue weighted by atomic mass is 16.2. The predicted molar refractivity (Wildman–Crippen MR) is 52.6 cm³/mol. The zero-order valence-electron chi connectivity index (χ0n) is 8.61. The Labute approximate surface area is 88.4 Å². The normalized spacial score (nSPS) is 37.3. The first-order valence-corrected chi connectivity index (χ1v) is 5.65. The average molecular weight is 209 g/mol. The van der Waals surface area contributed by atoms with Crippen LogP contribution in [0.4, 0.5) is 0 Å². The topological polar surface area (TPSA) is 52.7 Å². The lowest BCUT2D eigenvalue weighted by Crippen LogP contribution is -2.49. The highest BCUT2D eigenvalue weighted by molar-refractivity contribution is 6.00. The lowest BCUT2D eigenvalue weighted by Gasteiger charge is -2.32. The maximum Gasteiger partial charge on any atom is 0.245 e. The van der Waals surface area contributed by atoms with E-state index in [0.29, 0.717) is 0 Å². The molecule has 15 heavy (non-hydrogen) atoms. The van der Waals surface area contributed by atoms with Crippen LogP contribution >= 0.6 is 0 Å². The number of nitrogens with one attached hydrogen (secondary N) is 1. The SMILES string of the molecule is O=C1NC(=O)C2CCCN2N2CCCC12. The molecule has 0 aromatic heterocycles. The van der Waals surface area contributed by atoms with Crippen molar-refractivity contribution in [3.8, 4) is 0 Å². The number of imide groups is 1. The summed E-state index contributed by atoms with van der Waals surface area (Å²) >= 11 is 0. The van der Waals surface area contributed by atoms with Crippen molar-refractivity contribution in [1.82, 2.24) is 15.3 Å². The van der Waals surface area contributed by atoms with Crippen LogP contribution in [0.3, 0.4) is 0 Å². The summed E-state index contributed by atoms with van der Waals surface area (Å²) in [4.78, 5) is 23.5. The van der Waals surface area contributed by atoms with Gasteiger partial charge in [0.15, 0.2) is 0 Å². The lowest BCUT2D eigenvalue weighted by atomic mass is 10.2. The van der Waals surface area contributed by atoms with E-state index < -0.39 is 0 Å². The lowest BCUT2D eigenvalue weighted by molar-refractivity contribution is -0.131. The van der Waals surface area contributed by atoms with E-state index in [0.717, 1.165) is 38.8 Å². The highest BCUT2D eigenvalue weighted by Gasteiger charge is 2.45. The van der Waals surface area contributed by atoms with Crippen molar-refractivity contribution in [2.75, 3.05) is 13.1 Å². The van der Waals surface area contributed by atoms with Gasteiger partial charge in [-0.2, -0.15) is 0 Å². The van der Waals surface area contributed by atoms with Gasteiger partial charge < -0.3 is 0 Å². The fourth-order valence-electron chi connectivity index (χ4n) is 2.94. The molecule has 2 amide bonds. The Balaban J connectivity index is 1.94. The van der Waals surface area contributed by atoms with Gasteiger partial charge in [0, 0.05) is 13.1 Å². The summed E-state index contributed by atoms with van der Waals surface area (Å²) in [6, 6.07) is -0.200. The summed E-state index contributed by atoms with van der Waals surface area (Å²) in [5, 5.41) is 6.74. The molecule has 0 aromatic carbocycles. The smallest absolute Gasteiger partial charge is 0.245 e. The molecule has 3 aliphatic heterocycles. The first kappa shape index (κ1) is 9.30. The van der Waals surface area contributed by atoms with Crippen LogP contribution in [-0.2, 0) is 9.59 Å². The van der Waals surface area contributed by atoms with Gasteiger partial charge in [-0.25, -0.2) is 10.0 Å². The molecule has 0 aromatic rings. The molecule has 3 saturated heterocycles. The molecule has 5 heteroatoms. The van der Waals surface area contributed by atoms with Crippen LogP contribution in [0.1, 0.15) is 25.7 Å². The van der Waals surface area contributed by atoms with Crippen LogP contribution in [0, 0.1) is 0 Å². The predicted octanol–water partition coefficient (Wildman–Crippen LogP) is -0.513. The Morgan fingerprint density at radius 1 is 0.933 bits per heavy atom. The summed E-state index contributed by atoms with van der Waals surface area (Å²) in [5.41, 5.74) is 0. The fraction of sp³-hybridized carbons (Fsp3) is 0.800. The molecule has 1 N–H and O–H groups in total. The number of amides is 2. The van der Waals surface area contributed by atoms with Gasteiger partial charge in [-0.05, 0) is 25.7 Å². The number of carbonyl (C=O) groups excluding carboxylic acids is 2. The van der Waals surface area contributed by atoms with E-state index in [1.165, 1.54) is 0 Å². The molecule has 0 bridgehead atoms. The number of hydrogen-bond donors (Lipinski definition) is 1. The van der Waals surface area contributed by atoms with Crippen molar-refractivity contribution in [3.63, 3.8) is 0 Å². The van der Waals surface area contributed by atoms with Crippen LogP contribution in [-0.4, -0.2) is 47.0 Å². The van der Waals surface area contributed by atoms with Crippen LogP contribution < -0.4 is 5.32 Å². The van der Waals surface area contributed by atoms with Crippen molar-refractivity contribution in [3.05, 3.63) is 0 Å². The second-order valence-corrected chi connectivity index (χ2v) is 4.50. The molecule has 82 valence electrons. The molecular formula is C10H15N3O2. The van der Waals surface area contributed by atoms with Gasteiger partial charge in [-0.15, -0.1) is 0 Å². The van der Waals surface area contributed by atoms with Crippen LogP contribution in [0.25, 0.3) is 0 Å². The zero-order chi connectivity index (χ0) is 10.4. The highest BCUT2D eigenvalue weighted by Crippen LogP contribution is 2.29. The number of rotatable bonds is 0. The van der Waals surface area contributed by atoms with Gasteiger partial charge in [-0.3, -0.25) is 14.9 Å². The summed E-state index contributed by atoms with van der Waals surface area (Å²) in [7, 11) is 0. The minimum absolute atomic E-state index is 0.1000. The standard InChI is InChI=1S/C10H15N3O2/c14-9-7-3-1-5-12(7)13-6-2-4-8(13)10(15)11-9/h7-8H,1-6H2,(H,11,14,15). The third kappa shape index (κ3) is 1.30. The van der Waals surface area contributed by atoms with Gasteiger partial charge in [0.1, 0.15) is 12.1 Å². The molecule has 0 spiro atoms. The average Bonchev–Trinajstić information content (AvgIpc) is 2.83. The molecule has 3 rings (SSSR count). The van der Waals surface area contributed by atoms with E-state index in [4.69, 9.17) is 0 Å². The molecule has 5 nitrogen and oxygen atoms in total. The molecule has 3 heterocycles. The monoisotopic (exact) mass is 209 g/mol. The van der Waals surface area contributed by atoms with Gasteiger partial charge in [0.05, 0.1) is 0 Å². The fourth-order valence-corrected chi connectivity index (χ4v) is 2.94. The minimum Gasteiger partial charge on any atom is -0.294 e. The van der Waals surface area contributed by atoms with E-state index in [9.17, 15) is 9.59 Å². The van der Waals surface area contributed by atoms with Crippen molar-refractivity contribution >= 4 is 11.8 Å². The second-order valence-electron chi connectivity index (χ2n) is 4.50. The Hall–Kier alpha value is -0.940. The maximum absolute atomic E-state index is 11.7. The first-order chi connectivity index (χ1) is 7.27. The van der Waals surface area contributed by atoms with E-state index in [1.54, 1.807) is 0 Å². The van der Waals surface area contributed by atoms with E-state index in [2.05, 4.69) is 15.3 Å². The van der Waals surface area contributed by atoms with Gasteiger partial charge in [0.25, 0.3) is 0 Å². The number of hydrazine groups is 1. The zero-order valence-corrected chi connectivity index (χ0v) is 8.61. The van der Waals surface area contributed by atoms with Gasteiger partial charge >= 0.3 is 0 Å². The molecule has 2 atom stereocenters. The summed E-state index contributed by atoms with van der Waals surface area (Å²) in [6.07, 6.45) is 3.86. The molecule has 3 fully saturated rings. The quantitative estimate of drug-likeness (QED) is 0.546. The molecule has 0 radical (unpaired) electrons. The minimum atomic E-state index is -0.105. The molecule has 0 saturated carbocycles. The Kier molecular flexibility index (Phi) is 2.03. The van der Waals surface area contributed by atoms with Crippen molar-refractivity contribution in [1.29, 1.82) is 0 Å².